The van der Waals surface area contributed by atoms with Crippen LogP contribution in [-0.4, -0.2) is 60.2 Å². The first-order chi connectivity index (χ1) is 6.04. The van der Waals surface area contributed by atoms with Crippen LogP contribution < -0.4 is 5.32 Å². The molecule has 2 fully saturated rings. The van der Waals surface area contributed by atoms with E-state index < -0.39 is 0 Å². The summed E-state index contributed by atoms with van der Waals surface area (Å²) in [6.45, 7) is 0. The van der Waals surface area contributed by atoms with Crippen molar-refractivity contribution in [3.05, 3.63) is 0 Å². The van der Waals surface area contributed by atoms with Gasteiger partial charge in [0.2, 0.25) is 0 Å². The monoisotopic (exact) mass is 184 g/mol. The maximum absolute atomic E-state index is 11.4. The van der Waals surface area contributed by atoms with Crippen LogP contribution >= 0.6 is 0 Å². The number of fused-ring (bicyclic) bond motifs is 1. The van der Waals surface area contributed by atoms with Crippen molar-refractivity contribution >= 4 is 12.1 Å². The Labute approximate surface area is 76.1 Å². The molecular formula is C7H12N4O2. The van der Waals surface area contributed by atoms with Crippen molar-refractivity contribution in [1.82, 2.24) is 20.0 Å². The fourth-order valence-corrected chi connectivity index (χ4v) is 1.88. The third-order valence-electron chi connectivity index (χ3n) is 2.69. The zero-order chi connectivity index (χ0) is 9.75. The Kier molecular flexibility index (Phi) is 1.43. The van der Waals surface area contributed by atoms with E-state index in [2.05, 4.69) is 5.32 Å². The van der Waals surface area contributed by atoms with E-state index in [0.29, 0.717) is 0 Å². The molecule has 1 N–H and O–H groups in total. The molecule has 0 saturated carbocycles. The smallest absolute Gasteiger partial charge is 0.314 e. The third kappa shape index (κ3) is 0.824. The Balaban J connectivity index is 2.32. The summed E-state index contributed by atoms with van der Waals surface area (Å²) in [6.07, 6.45) is -0.389. The maximum atomic E-state index is 11.4. The van der Waals surface area contributed by atoms with Gasteiger partial charge in [-0.3, -0.25) is 0 Å². The van der Waals surface area contributed by atoms with Crippen LogP contribution in [0.1, 0.15) is 0 Å². The van der Waals surface area contributed by atoms with Gasteiger partial charge in [0.05, 0.1) is 0 Å². The largest absolute Gasteiger partial charge is 0.323 e. The summed E-state index contributed by atoms with van der Waals surface area (Å²) >= 11 is 0. The second-order valence-electron chi connectivity index (χ2n) is 3.42. The number of carbonyl (C=O) groups excluding carboxylic acids is 2. The Hall–Kier alpha value is -1.46. The van der Waals surface area contributed by atoms with E-state index in [4.69, 9.17) is 0 Å². The summed E-state index contributed by atoms with van der Waals surface area (Å²) in [5, 5.41) is 2.73. The van der Waals surface area contributed by atoms with E-state index in [9.17, 15) is 9.59 Å². The number of likely N-dealkylation sites (N-methyl/N-ethyl adjacent to an activating group) is 3. The highest BCUT2D eigenvalue weighted by molar-refractivity contribution is 5.84. The molecule has 0 aromatic carbocycles. The van der Waals surface area contributed by atoms with Gasteiger partial charge in [-0.05, 0) is 0 Å². The van der Waals surface area contributed by atoms with Gasteiger partial charge in [-0.15, -0.1) is 0 Å². The Morgan fingerprint density at radius 2 is 1.69 bits per heavy atom. The SMILES string of the molecule is CN1C(=O)N[C@H]2[C@@H]1N(C)C(=O)N2C. The molecule has 6 nitrogen and oxygen atoms in total. The van der Waals surface area contributed by atoms with E-state index in [1.165, 1.54) is 9.80 Å². The number of nitrogens with one attached hydrogen (secondary N) is 1. The lowest BCUT2D eigenvalue weighted by atomic mass is 10.4. The van der Waals surface area contributed by atoms with Gasteiger partial charge in [-0.2, -0.15) is 0 Å². The molecular weight excluding hydrogens is 172 g/mol. The van der Waals surface area contributed by atoms with Crippen LogP contribution in [0.5, 0.6) is 0 Å². The molecule has 6 heteroatoms. The molecule has 2 heterocycles. The van der Waals surface area contributed by atoms with E-state index in [1.807, 2.05) is 0 Å². The highest BCUT2D eigenvalue weighted by Gasteiger charge is 2.50. The minimum absolute atomic E-state index is 0.0677. The first-order valence-corrected chi connectivity index (χ1v) is 4.07. The minimum atomic E-state index is -0.213. The highest BCUT2D eigenvalue weighted by Crippen LogP contribution is 2.24. The molecule has 4 amide bonds. The number of hydrogen-bond acceptors (Lipinski definition) is 2. The van der Waals surface area contributed by atoms with Gasteiger partial charge in [-0.1, -0.05) is 0 Å². The molecule has 2 saturated heterocycles. The van der Waals surface area contributed by atoms with Gasteiger partial charge < -0.3 is 20.0 Å². The number of rotatable bonds is 0. The lowest BCUT2D eigenvalue weighted by molar-refractivity contribution is 0.161. The lowest BCUT2D eigenvalue weighted by Crippen LogP contribution is -2.42. The van der Waals surface area contributed by atoms with Gasteiger partial charge in [0.15, 0.2) is 0 Å². The zero-order valence-corrected chi connectivity index (χ0v) is 7.81. The topological polar surface area (TPSA) is 55.9 Å². The molecule has 0 bridgehead atoms. The minimum Gasteiger partial charge on any atom is -0.314 e. The summed E-state index contributed by atoms with van der Waals surface area (Å²) in [5.74, 6) is 0. The summed E-state index contributed by atoms with van der Waals surface area (Å²) < 4.78 is 0. The third-order valence-corrected chi connectivity index (χ3v) is 2.69. The van der Waals surface area contributed by atoms with Gasteiger partial charge in [0.25, 0.3) is 0 Å². The molecule has 2 aliphatic heterocycles. The average molecular weight is 184 g/mol. The molecule has 2 rings (SSSR count). The fraction of sp³-hybridized carbons (Fsp3) is 0.714. The zero-order valence-electron chi connectivity index (χ0n) is 7.81. The number of amides is 4. The van der Waals surface area contributed by atoms with Crippen molar-refractivity contribution in [2.75, 3.05) is 21.1 Å². The Morgan fingerprint density at radius 3 is 2.23 bits per heavy atom. The Morgan fingerprint density at radius 1 is 1.08 bits per heavy atom. The van der Waals surface area contributed by atoms with Crippen LogP contribution in [0.25, 0.3) is 0 Å². The maximum Gasteiger partial charge on any atom is 0.323 e. The van der Waals surface area contributed by atoms with Crippen molar-refractivity contribution in [2.45, 2.75) is 12.3 Å². The van der Waals surface area contributed by atoms with Crippen molar-refractivity contribution in [2.24, 2.45) is 0 Å². The average Bonchev–Trinajstić information content (AvgIpc) is 2.48. The molecule has 0 unspecified atom stereocenters. The van der Waals surface area contributed by atoms with Crippen LogP contribution in [0, 0.1) is 0 Å². The molecule has 0 aliphatic carbocycles. The van der Waals surface area contributed by atoms with E-state index in [1.54, 1.807) is 26.0 Å². The summed E-state index contributed by atoms with van der Waals surface area (Å²) in [6, 6.07) is -0.206. The van der Waals surface area contributed by atoms with Crippen LogP contribution in [0.4, 0.5) is 9.59 Å². The normalized spacial score (nSPS) is 32.7. The first kappa shape index (κ1) is 8.15. The first-order valence-electron chi connectivity index (χ1n) is 4.07. The molecule has 72 valence electrons. The molecule has 13 heavy (non-hydrogen) atoms. The predicted molar refractivity (Wildman–Crippen MR) is 44.8 cm³/mol. The Bertz CT molecular complexity index is 280. The van der Waals surface area contributed by atoms with Crippen molar-refractivity contribution in [3.8, 4) is 0 Å². The number of nitrogens with zero attached hydrogens (tertiary/aromatic N) is 3. The summed E-state index contributed by atoms with van der Waals surface area (Å²) in [5.41, 5.74) is 0. The van der Waals surface area contributed by atoms with Gasteiger partial charge in [0, 0.05) is 21.1 Å². The lowest BCUT2D eigenvalue weighted by Gasteiger charge is -2.22. The van der Waals surface area contributed by atoms with Crippen molar-refractivity contribution in [3.63, 3.8) is 0 Å². The summed E-state index contributed by atoms with van der Waals surface area (Å²) in [4.78, 5) is 27.3. The number of urea groups is 2. The summed E-state index contributed by atoms with van der Waals surface area (Å²) in [7, 11) is 5.06. The van der Waals surface area contributed by atoms with E-state index >= 15 is 0 Å². The van der Waals surface area contributed by atoms with Crippen LogP contribution in [0.15, 0.2) is 0 Å². The second kappa shape index (κ2) is 2.27. The van der Waals surface area contributed by atoms with Crippen LogP contribution in [0.2, 0.25) is 0 Å². The van der Waals surface area contributed by atoms with Crippen LogP contribution in [0.3, 0.4) is 0 Å². The number of carbonyl (C=O) groups is 2. The quantitative estimate of drug-likeness (QED) is 0.540. The van der Waals surface area contributed by atoms with E-state index in [-0.39, 0.29) is 24.4 Å². The van der Waals surface area contributed by atoms with Gasteiger partial charge in [0.1, 0.15) is 12.3 Å². The van der Waals surface area contributed by atoms with Crippen LogP contribution in [-0.2, 0) is 0 Å². The molecule has 0 aromatic heterocycles. The van der Waals surface area contributed by atoms with Crippen molar-refractivity contribution < 1.29 is 9.59 Å². The van der Waals surface area contributed by atoms with Crippen molar-refractivity contribution in [1.29, 1.82) is 0 Å². The molecule has 2 aliphatic rings. The number of hydrogen-bond donors (Lipinski definition) is 1. The molecule has 2 atom stereocenters. The predicted octanol–water partition coefficient (Wildman–Crippen LogP) is -0.709. The van der Waals surface area contributed by atoms with Gasteiger partial charge >= 0.3 is 12.1 Å². The highest BCUT2D eigenvalue weighted by atomic mass is 16.2. The molecule has 0 radical (unpaired) electrons. The van der Waals surface area contributed by atoms with Gasteiger partial charge in [-0.25, -0.2) is 9.59 Å². The second-order valence-corrected chi connectivity index (χ2v) is 3.42. The molecule has 0 aromatic rings. The standard InChI is InChI=1S/C7H12N4O2/c1-9-4-5(11(3)7(9)13)10(2)6(12)8-4/h4-5H,1-3H3,(H,8,12)/t4-,5+/m1/s1. The molecule has 0 spiro atoms. The van der Waals surface area contributed by atoms with E-state index in [0.717, 1.165) is 0 Å². The fourth-order valence-electron chi connectivity index (χ4n) is 1.88.